The molecule has 2 heteroatoms. The summed E-state index contributed by atoms with van der Waals surface area (Å²) in [7, 11) is 0. The van der Waals surface area contributed by atoms with E-state index in [0.29, 0.717) is 12.0 Å². The highest BCUT2D eigenvalue weighted by Crippen LogP contribution is 2.41. The zero-order valence-corrected chi connectivity index (χ0v) is 12.7. The van der Waals surface area contributed by atoms with Gasteiger partial charge < -0.3 is 10.6 Å². The lowest BCUT2D eigenvalue weighted by atomic mass is 9.84. The Bertz CT molecular complexity index is 437. The Morgan fingerprint density at radius 3 is 2.70 bits per heavy atom. The molecule has 1 fully saturated rings. The molecule has 1 saturated carbocycles. The molecule has 1 heterocycles. The SMILES string of the molecule is CC(C1CCCCC1)N1CC(CCN)c2ccccc21. The molecule has 0 aromatic heterocycles. The van der Waals surface area contributed by atoms with E-state index in [0.717, 1.165) is 18.9 Å². The number of para-hydroxylation sites is 1. The Labute approximate surface area is 123 Å². The molecule has 110 valence electrons. The van der Waals surface area contributed by atoms with Crippen LogP contribution >= 0.6 is 0 Å². The first kappa shape index (κ1) is 13.9. The van der Waals surface area contributed by atoms with Gasteiger partial charge in [-0.05, 0) is 50.3 Å². The largest absolute Gasteiger partial charge is 0.368 e. The third-order valence-electron chi connectivity index (χ3n) is 5.44. The lowest BCUT2D eigenvalue weighted by Crippen LogP contribution is -2.38. The fourth-order valence-corrected chi connectivity index (χ4v) is 4.23. The number of benzene rings is 1. The van der Waals surface area contributed by atoms with Crippen molar-refractivity contribution in [1.29, 1.82) is 0 Å². The fourth-order valence-electron chi connectivity index (χ4n) is 4.23. The fraction of sp³-hybridized carbons (Fsp3) is 0.667. The van der Waals surface area contributed by atoms with E-state index < -0.39 is 0 Å². The average Bonchev–Trinajstić information content (AvgIpc) is 2.87. The van der Waals surface area contributed by atoms with Crippen molar-refractivity contribution in [3.63, 3.8) is 0 Å². The summed E-state index contributed by atoms with van der Waals surface area (Å²) in [5.41, 5.74) is 8.82. The second-order valence-corrected chi connectivity index (χ2v) is 6.62. The van der Waals surface area contributed by atoms with Gasteiger partial charge in [-0.1, -0.05) is 37.5 Å². The van der Waals surface area contributed by atoms with Crippen LogP contribution in [0.4, 0.5) is 5.69 Å². The molecule has 1 aromatic rings. The summed E-state index contributed by atoms with van der Waals surface area (Å²) in [4.78, 5) is 2.67. The van der Waals surface area contributed by atoms with Gasteiger partial charge in [-0.2, -0.15) is 0 Å². The van der Waals surface area contributed by atoms with Crippen molar-refractivity contribution < 1.29 is 0 Å². The topological polar surface area (TPSA) is 29.3 Å². The molecule has 3 rings (SSSR count). The molecule has 0 saturated heterocycles. The molecule has 0 radical (unpaired) electrons. The Morgan fingerprint density at radius 2 is 1.95 bits per heavy atom. The highest BCUT2D eigenvalue weighted by molar-refractivity contribution is 5.60. The van der Waals surface area contributed by atoms with E-state index in [4.69, 9.17) is 5.73 Å². The minimum atomic E-state index is 0.641. The van der Waals surface area contributed by atoms with Crippen molar-refractivity contribution in [3.05, 3.63) is 29.8 Å². The highest BCUT2D eigenvalue weighted by Gasteiger charge is 2.33. The van der Waals surface area contributed by atoms with Gasteiger partial charge in [-0.25, -0.2) is 0 Å². The minimum Gasteiger partial charge on any atom is -0.368 e. The Kier molecular flexibility index (Phi) is 4.30. The van der Waals surface area contributed by atoms with E-state index in [1.165, 1.54) is 49.9 Å². The van der Waals surface area contributed by atoms with Crippen molar-refractivity contribution in [2.45, 2.75) is 57.4 Å². The van der Waals surface area contributed by atoms with Crippen LogP contribution in [0.3, 0.4) is 0 Å². The van der Waals surface area contributed by atoms with Crippen LogP contribution in [0.2, 0.25) is 0 Å². The first-order valence-electron chi connectivity index (χ1n) is 8.37. The van der Waals surface area contributed by atoms with Gasteiger partial charge >= 0.3 is 0 Å². The first-order valence-corrected chi connectivity index (χ1v) is 8.37. The van der Waals surface area contributed by atoms with E-state index in [9.17, 15) is 0 Å². The third-order valence-corrected chi connectivity index (χ3v) is 5.44. The number of hydrogen-bond acceptors (Lipinski definition) is 2. The molecular weight excluding hydrogens is 244 g/mol. The number of nitrogens with zero attached hydrogens (tertiary/aromatic N) is 1. The van der Waals surface area contributed by atoms with Crippen molar-refractivity contribution in [2.75, 3.05) is 18.0 Å². The van der Waals surface area contributed by atoms with E-state index in [-0.39, 0.29) is 0 Å². The second-order valence-electron chi connectivity index (χ2n) is 6.62. The predicted octanol–water partition coefficient (Wildman–Crippen LogP) is 3.91. The van der Waals surface area contributed by atoms with Gasteiger partial charge in [0.05, 0.1) is 0 Å². The summed E-state index contributed by atoms with van der Waals surface area (Å²) in [6, 6.07) is 9.66. The molecule has 2 N–H and O–H groups in total. The number of nitrogens with two attached hydrogens (primary N) is 1. The molecule has 1 aliphatic carbocycles. The van der Waals surface area contributed by atoms with Crippen LogP contribution in [0, 0.1) is 5.92 Å². The van der Waals surface area contributed by atoms with E-state index in [2.05, 4.69) is 36.1 Å². The van der Waals surface area contributed by atoms with Crippen LogP contribution in [-0.2, 0) is 0 Å². The van der Waals surface area contributed by atoms with Crippen LogP contribution in [0.1, 0.15) is 56.9 Å². The number of fused-ring (bicyclic) bond motifs is 1. The molecule has 2 unspecified atom stereocenters. The summed E-state index contributed by atoms with van der Waals surface area (Å²) in [5, 5.41) is 0. The second kappa shape index (κ2) is 6.17. The molecule has 0 spiro atoms. The lowest BCUT2D eigenvalue weighted by Gasteiger charge is -2.36. The molecular formula is C18H28N2. The molecule has 2 aliphatic rings. The molecule has 1 aliphatic heterocycles. The predicted molar refractivity (Wildman–Crippen MR) is 86.2 cm³/mol. The van der Waals surface area contributed by atoms with E-state index in [1.807, 2.05) is 0 Å². The quantitative estimate of drug-likeness (QED) is 0.900. The van der Waals surface area contributed by atoms with E-state index in [1.54, 1.807) is 0 Å². The zero-order chi connectivity index (χ0) is 13.9. The molecule has 2 nitrogen and oxygen atoms in total. The van der Waals surface area contributed by atoms with Crippen LogP contribution in [0.5, 0.6) is 0 Å². The van der Waals surface area contributed by atoms with Crippen molar-refractivity contribution >= 4 is 5.69 Å². The first-order chi connectivity index (χ1) is 9.81. The Hall–Kier alpha value is -1.02. The van der Waals surface area contributed by atoms with Gasteiger partial charge in [-0.15, -0.1) is 0 Å². The number of hydrogen-bond donors (Lipinski definition) is 1. The molecule has 0 amide bonds. The van der Waals surface area contributed by atoms with Crippen LogP contribution < -0.4 is 10.6 Å². The van der Waals surface area contributed by atoms with Crippen molar-refractivity contribution in [2.24, 2.45) is 11.7 Å². The molecule has 20 heavy (non-hydrogen) atoms. The number of rotatable bonds is 4. The zero-order valence-electron chi connectivity index (χ0n) is 12.7. The van der Waals surface area contributed by atoms with Crippen molar-refractivity contribution in [3.8, 4) is 0 Å². The maximum absolute atomic E-state index is 5.81. The highest BCUT2D eigenvalue weighted by atomic mass is 15.2. The average molecular weight is 272 g/mol. The van der Waals surface area contributed by atoms with Gasteiger partial charge in [0.2, 0.25) is 0 Å². The maximum atomic E-state index is 5.81. The lowest BCUT2D eigenvalue weighted by molar-refractivity contribution is 0.305. The number of anilines is 1. The van der Waals surface area contributed by atoms with Gasteiger partial charge in [-0.3, -0.25) is 0 Å². The van der Waals surface area contributed by atoms with Gasteiger partial charge in [0.25, 0.3) is 0 Å². The van der Waals surface area contributed by atoms with Gasteiger partial charge in [0.1, 0.15) is 0 Å². The summed E-state index contributed by atoms with van der Waals surface area (Å²) in [6.07, 6.45) is 8.25. The van der Waals surface area contributed by atoms with Crippen molar-refractivity contribution in [1.82, 2.24) is 0 Å². The standard InChI is InChI=1S/C18H28N2/c1-14(15-7-3-2-4-8-15)20-13-16(11-12-19)17-9-5-6-10-18(17)20/h5-6,9-10,14-16H,2-4,7-8,11-13,19H2,1H3. The molecule has 1 aromatic carbocycles. The van der Waals surface area contributed by atoms with Gasteiger partial charge in [0, 0.05) is 24.2 Å². The minimum absolute atomic E-state index is 0.641. The summed E-state index contributed by atoms with van der Waals surface area (Å²) >= 11 is 0. The molecule has 2 atom stereocenters. The van der Waals surface area contributed by atoms with Gasteiger partial charge in [0.15, 0.2) is 0 Å². The Morgan fingerprint density at radius 1 is 1.20 bits per heavy atom. The smallest absolute Gasteiger partial charge is 0.0405 e. The third kappa shape index (κ3) is 2.58. The summed E-state index contributed by atoms with van der Waals surface area (Å²) in [5.74, 6) is 1.52. The maximum Gasteiger partial charge on any atom is 0.0405 e. The normalized spacial score (nSPS) is 24.7. The van der Waals surface area contributed by atoms with Crippen LogP contribution in [0.25, 0.3) is 0 Å². The summed E-state index contributed by atoms with van der Waals surface area (Å²) < 4.78 is 0. The van der Waals surface area contributed by atoms with Crippen LogP contribution in [-0.4, -0.2) is 19.1 Å². The van der Waals surface area contributed by atoms with E-state index >= 15 is 0 Å². The summed E-state index contributed by atoms with van der Waals surface area (Å²) in [6.45, 7) is 4.41. The molecule has 0 bridgehead atoms. The Balaban J connectivity index is 1.80. The monoisotopic (exact) mass is 272 g/mol. The van der Waals surface area contributed by atoms with Crippen LogP contribution in [0.15, 0.2) is 24.3 Å².